The van der Waals surface area contributed by atoms with Crippen molar-refractivity contribution in [2.45, 2.75) is 50.2 Å². The zero-order chi connectivity index (χ0) is 38.2. The van der Waals surface area contributed by atoms with Gasteiger partial charge >= 0.3 is 0 Å². The molecule has 4 amide bonds. The molecular weight excluding hydrogens is 701 g/mol. The SMILES string of the molecule is NC1=C(/C=C(\N)c2ccccc2O)N2CCN(C3CCN(CCCN4CCN(c5ccc6c(c5)C(=O)N(C5CCC(=O)NC5=O)C6=O)CC4)CC3)CC2CN1. The van der Waals surface area contributed by atoms with E-state index in [9.17, 15) is 24.3 Å². The predicted molar refractivity (Wildman–Crippen MR) is 207 cm³/mol. The van der Waals surface area contributed by atoms with E-state index in [-0.39, 0.29) is 24.5 Å². The van der Waals surface area contributed by atoms with Gasteiger partial charge in [-0.3, -0.25) is 39.2 Å². The van der Waals surface area contributed by atoms with Gasteiger partial charge in [0.2, 0.25) is 11.8 Å². The third kappa shape index (κ3) is 7.48. The number of amides is 4. The summed E-state index contributed by atoms with van der Waals surface area (Å²) in [7, 11) is 0. The van der Waals surface area contributed by atoms with E-state index in [0.717, 1.165) is 101 Å². The van der Waals surface area contributed by atoms with E-state index >= 15 is 0 Å². The van der Waals surface area contributed by atoms with Crippen molar-refractivity contribution in [1.82, 2.24) is 35.1 Å². The van der Waals surface area contributed by atoms with Crippen LogP contribution in [0.1, 0.15) is 58.4 Å². The number of benzene rings is 2. The maximum atomic E-state index is 13.3. The first kappa shape index (κ1) is 36.8. The maximum absolute atomic E-state index is 13.3. The number of para-hydroxylation sites is 1. The molecule has 4 fully saturated rings. The third-order valence-electron chi connectivity index (χ3n) is 12.3. The Morgan fingerprint density at radius 1 is 0.836 bits per heavy atom. The number of phenolic OH excluding ortho intramolecular Hbond substituents is 1. The number of carbonyl (C=O) groups is 4. The van der Waals surface area contributed by atoms with Gasteiger partial charge in [-0.05, 0) is 88.3 Å². The lowest BCUT2D eigenvalue weighted by Gasteiger charge is -2.49. The number of piperazine rings is 2. The van der Waals surface area contributed by atoms with Crippen molar-refractivity contribution >= 4 is 35.0 Å². The molecule has 55 heavy (non-hydrogen) atoms. The molecular formula is C40H52N10O5. The second-order valence-corrected chi connectivity index (χ2v) is 15.6. The van der Waals surface area contributed by atoms with Gasteiger partial charge in [0.15, 0.2) is 0 Å². The average Bonchev–Trinajstić information content (AvgIpc) is 3.44. The molecule has 0 aliphatic carbocycles. The van der Waals surface area contributed by atoms with Crippen LogP contribution in [-0.4, -0.2) is 150 Å². The number of anilines is 1. The summed E-state index contributed by atoms with van der Waals surface area (Å²) in [5.41, 5.74) is 16.4. The summed E-state index contributed by atoms with van der Waals surface area (Å²) in [6.45, 7) is 11.5. The average molecular weight is 753 g/mol. The Bertz CT molecular complexity index is 1900. The van der Waals surface area contributed by atoms with Gasteiger partial charge in [0.25, 0.3) is 11.8 Å². The summed E-state index contributed by atoms with van der Waals surface area (Å²) in [5, 5.41) is 15.9. The quantitative estimate of drug-likeness (QED) is 0.223. The number of imide groups is 2. The highest BCUT2D eigenvalue weighted by molar-refractivity contribution is 6.23. The maximum Gasteiger partial charge on any atom is 0.262 e. The molecule has 0 saturated carbocycles. The minimum atomic E-state index is -0.959. The van der Waals surface area contributed by atoms with Gasteiger partial charge in [-0.1, -0.05) is 12.1 Å². The number of phenols is 1. The van der Waals surface area contributed by atoms with Gasteiger partial charge in [-0.15, -0.1) is 0 Å². The highest BCUT2D eigenvalue weighted by Gasteiger charge is 2.45. The fourth-order valence-corrected chi connectivity index (χ4v) is 9.19. The Balaban J connectivity index is 0.761. The lowest BCUT2D eigenvalue weighted by molar-refractivity contribution is -0.136. The number of fused-ring (bicyclic) bond motifs is 2. The second kappa shape index (κ2) is 15.6. The number of likely N-dealkylation sites (tertiary alicyclic amines) is 1. The number of nitrogens with zero attached hydrogens (tertiary/aromatic N) is 6. The minimum Gasteiger partial charge on any atom is -0.507 e. The highest BCUT2D eigenvalue weighted by atomic mass is 16.3. The van der Waals surface area contributed by atoms with E-state index in [0.29, 0.717) is 40.3 Å². The first-order valence-electron chi connectivity index (χ1n) is 19.7. The number of hydrogen-bond donors (Lipinski definition) is 5. The van der Waals surface area contributed by atoms with Crippen LogP contribution in [0.4, 0.5) is 5.69 Å². The first-order valence-corrected chi connectivity index (χ1v) is 19.7. The van der Waals surface area contributed by atoms with Crippen LogP contribution in [0.15, 0.2) is 60.1 Å². The Morgan fingerprint density at radius 3 is 2.31 bits per heavy atom. The monoisotopic (exact) mass is 752 g/mol. The molecule has 6 heterocycles. The molecule has 0 radical (unpaired) electrons. The minimum absolute atomic E-state index is 0.102. The molecule has 8 rings (SSSR count). The van der Waals surface area contributed by atoms with Crippen LogP contribution in [0.3, 0.4) is 0 Å². The number of nitrogens with two attached hydrogens (primary N) is 2. The molecule has 0 bridgehead atoms. The Morgan fingerprint density at radius 2 is 1.56 bits per heavy atom. The largest absolute Gasteiger partial charge is 0.507 e. The van der Waals surface area contributed by atoms with Crippen molar-refractivity contribution in [3.05, 3.63) is 76.7 Å². The van der Waals surface area contributed by atoms with E-state index in [1.165, 1.54) is 12.8 Å². The van der Waals surface area contributed by atoms with Gasteiger partial charge in [0.1, 0.15) is 17.6 Å². The van der Waals surface area contributed by atoms with Gasteiger partial charge in [-0.25, -0.2) is 0 Å². The topological polar surface area (TPSA) is 184 Å². The molecule has 2 aromatic rings. The zero-order valence-electron chi connectivity index (χ0n) is 31.3. The van der Waals surface area contributed by atoms with Crippen LogP contribution < -0.4 is 27.0 Å². The van der Waals surface area contributed by atoms with Crippen molar-refractivity contribution in [1.29, 1.82) is 0 Å². The fourth-order valence-electron chi connectivity index (χ4n) is 9.19. The number of allylic oxidation sites excluding steroid dienone is 1. The summed E-state index contributed by atoms with van der Waals surface area (Å²) in [6.07, 6.45) is 5.60. The fraction of sp³-hybridized carbons (Fsp3) is 0.500. The van der Waals surface area contributed by atoms with Gasteiger partial charge in [0.05, 0.1) is 22.9 Å². The van der Waals surface area contributed by atoms with E-state index in [1.54, 1.807) is 24.3 Å². The summed E-state index contributed by atoms with van der Waals surface area (Å²) in [6, 6.07) is 12.4. The third-order valence-corrected chi connectivity index (χ3v) is 12.3. The number of carbonyl (C=O) groups excluding carboxylic acids is 4. The summed E-state index contributed by atoms with van der Waals surface area (Å²) in [4.78, 5) is 63.9. The van der Waals surface area contributed by atoms with Crippen LogP contribution >= 0.6 is 0 Å². The van der Waals surface area contributed by atoms with Crippen molar-refractivity contribution in [2.75, 3.05) is 83.4 Å². The van der Waals surface area contributed by atoms with Crippen LogP contribution in [0.25, 0.3) is 5.70 Å². The van der Waals surface area contributed by atoms with E-state index in [1.807, 2.05) is 24.3 Å². The summed E-state index contributed by atoms with van der Waals surface area (Å²) >= 11 is 0. The molecule has 6 aliphatic rings. The van der Waals surface area contributed by atoms with Gasteiger partial charge < -0.3 is 36.6 Å². The molecule has 2 aromatic carbocycles. The molecule has 0 spiro atoms. The Hall–Kier alpha value is -5.12. The first-order chi connectivity index (χ1) is 26.6. The van der Waals surface area contributed by atoms with Crippen molar-refractivity contribution in [3.63, 3.8) is 0 Å². The van der Waals surface area contributed by atoms with Gasteiger partial charge in [0, 0.05) is 81.8 Å². The van der Waals surface area contributed by atoms with Crippen LogP contribution in [0.2, 0.25) is 0 Å². The van der Waals surface area contributed by atoms with Crippen molar-refractivity contribution in [3.8, 4) is 5.75 Å². The second-order valence-electron chi connectivity index (χ2n) is 15.6. The molecule has 7 N–H and O–H groups in total. The predicted octanol–water partition coefficient (Wildman–Crippen LogP) is 0.487. The molecule has 0 aromatic heterocycles. The lowest BCUT2D eigenvalue weighted by Crippen LogP contribution is -2.61. The number of rotatable bonds is 9. The van der Waals surface area contributed by atoms with Crippen LogP contribution in [0.5, 0.6) is 5.75 Å². The molecule has 292 valence electrons. The summed E-state index contributed by atoms with van der Waals surface area (Å²) < 4.78 is 0. The lowest BCUT2D eigenvalue weighted by atomic mass is 9.99. The molecule has 2 unspecified atom stereocenters. The van der Waals surface area contributed by atoms with E-state index in [4.69, 9.17) is 11.5 Å². The number of piperidine rings is 2. The zero-order valence-corrected chi connectivity index (χ0v) is 31.3. The normalized spacial score (nSPS) is 24.9. The van der Waals surface area contributed by atoms with E-state index in [2.05, 4.69) is 35.1 Å². The number of hydrogen-bond acceptors (Lipinski definition) is 13. The Kier molecular flexibility index (Phi) is 10.4. The molecule has 2 atom stereocenters. The van der Waals surface area contributed by atoms with Gasteiger partial charge in [-0.2, -0.15) is 0 Å². The van der Waals surface area contributed by atoms with Crippen molar-refractivity contribution in [2.24, 2.45) is 11.5 Å². The molecule has 6 aliphatic heterocycles. The van der Waals surface area contributed by atoms with Crippen molar-refractivity contribution < 1.29 is 24.3 Å². The molecule has 15 nitrogen and oxygen atoms in total. The molecule has 15 heteroatoms. The highest BCUT2D eigenvalue weighted by Crippen LogP contribution is 2.32. The number of aromatic hydroxyl groups is 1. The molecule has 4 saturated heterocycles. The number of nitrogens with one attached hydrogen (secondary N) is 2. The van der Waals surface area contributed by atoms with E-state index < -0.39 is 23.8 Å². The van der Waals surface area contributed by atoms with Crippen LogP contribution in [-0.2, 0) is 9.59 Å². The van der Waals surface area contributed by atoms with Crippen LogP contribution in [0, 0.1) is 0 Å². The summed E-state index contributed by atoms with van der Waals surface area (Å²) in [5.74, 6) is -1.15. The Labute approximate surface area is 321 Å². The standard InChI is InChI=1S/C40H52N10O5/c41-32(30-4-1-2-5-35(30)51)23-34-37(42)43-24-28-25-48(20-21-49(28)34)26-10-14-45(15-11-26)12-3-13-46-16-18-47(19-17-46)27-6-7-29-31(22-27)40(55)50(39(29)54)33-8-9-36(52)44-38(33)53/h1-2,4-7,22-23,26,28,33,43,51H,3,8-21,24-25,41-42H2,(H,44,52,53)/b32-23-. The smallest absolute Gasteiger partial charge is 0.262 e.